The SMILES string of the molecule is CCCC1NC(=O)C(C2CC2)N(Cc2ccncc2)C1=O. The Hall–Kier alpha value is -1.91. The minimum Gasteiger partial charge on any atom is -0.342 e. The van der Waals surface area contributed by atoms with Crippen LogP contribution in [0.25, 0.3) is 0 Å². The highest BCUT2D eigenvalue weighted by atomic mass is 16.2. The summed E-state index contributed by atoms with van der Waals surface area (Å²) in [6.45, 7) is 2.52. The first-order valence-corrected chi connectivity index (χ1v) is 7.70. The van der Waals surface area contributed by atoms with E-state index in [-0.39, 0.29) is 23.9 Å². The molecule has 1 aliphatic carbocycles. The van der Waals surface area contributed by atoms with Crippen molar-refractivity contribution in [2.24, 2.45) is 5.92 Å². The number of amides is 2. The first kappa shape index (κ1) is 14.0. The van der Waals surface area contributed by atoms with Gasteiger partial charge in [0.2, 0.25) is 11.8 Å². The molecule has 2 aliphatic rings. The molecule has 2 heterocycles. The zero-order valence-electron chi connectivity index (χ0n) is 12.3. The fourth-order valence-corrected chi connectivity index (χ4v) is 3.02. The number of piperazine rings is 1. The third kappa shape index (κ3) is 2.91. The van der Waals surface area contributed by atoms with Crippen LogP contribution >= 0.6 is 0 Å². The Labute approximate surface area is 124 Å². The standard InChI is InChI=1S/C16H21N3O2/c1-2-3-13-16(21)19(10-11-6-8-17-9-7-11)14(12-4-5-12)15(20)18-13/h6-9,12-14H,2-5,10H2,1H3,(H,18,20). The van der Waals surface area contributed by atoms with Gasteiger partial charge in [0, 0.05) is 18.9 Å². The van der Waals surface area contributed by atoms with Crippen molar-refractivity contribution in [3.05, 3.63) is 30.1 Å². The van der Waals surface area contributed by atoms with Gasteiger partial charge in [-0.05, 0) is 42.9 Å². The number of aromatic nitrogens is 1. The minimum absolute atomic E-state index is 0.0182. The largest absolute Gasteiger partial charge is 0.342 e. The number of pyridine rings is 1. The Kier molecular flexibility index (Phi) is 3.90. The van der Waals surface area contributed by atoms with E-state index in [0.717, 1.165) is 24.8 Å². The Morgan fingerprint density at radius 1 is 1.29 bits per heavy atom. The third-order valence-corrected chi connectivity index (χ3v) is 4.25. The number of nitrogens with zero attached hydrogens (tertiary/aromatic N) is 2. The van der Waals surface area contributed by atoms with Gasteiger partial charge in [-0.3, -0.25) is 14.6 Å². The second-order valence-electron chi connectivity index (χ2n) is 5.95. The maximum Gasteiger partial charge on any atom is 0.246 e. The van der Waals surface area contributed by atoms with E-state index >= 15 is 0 Å². The monoisotopic (exact) mass is 287 g/mol. The van der Waals surface area contributed by atoms with Gasteiger partial charge in [-0.25, -0.2) is 0 Å². The molecule has 0 spiro atoms. The molecule has 2 fully saturated rings. The third-order valence-electron chi connectivity index (χ3n) is 4.25. The van der Waals surface area contributed by atoms with Crippen molar-refractivity contribution in [3.8, 4) is 0 Å². The number of hydrogen-bond acceptors (Lipinski definition) is 3. The zero-order chi connectivity index (χ0) is 14.8. The van der Waals surface area contributed by atoms with Crippen LogP contribution in [0.1, 0.15) is 38.2 Å². The fourth-order valence-electron chi connectivity index (χ4n) is 3.02. The normalized spacial score (nSPS) is 25.9. The lowest BCUT2D eigenvalue weighted by molar-refractivity contribution is -0.151. The Morgan fingerprint density at radius 3 is 2.62 bits per heavy atom. The van der Waals surface area contributed by atoms with E-state index in [1.54, 1.807) is 17.3 Å². The van der Waals surface area contributed by atoms with Gasteiger partial charge in [0.05, 0.1) is 0 Å². The van der Waals surface area contributed by atoms with E-state index in [2.05, 4.69) is 10.3 Å². The molecule has 112 valence electrons. The lowest BCUT2D eigenvalue weighted by Gasteiger charge is -2.39. The summed E-state index contributed by atoms with van der Waals surface area (Å²) in [7, 11) is 0. The molecule has 2 atom stereocenters. The second-order valence-corrected chi connectivity index (χ2v) is 5.95. The van der Waals surface area contributed by atoms with Gasteiger partial charge >= 0.3 is 0 Å². The Morgan fingerprint density at radius 2 is 2.00 bits per heavy atom. The number of rotatable bonds is 5. The number of carbonyl (C=O) groups is 2. The molecule has 1 aliphatic heterocycles. The van der Waals surface area contributed by atoms with E-state index in [4.69, 9.17) is 0 Å². The first-order valence-electron chi connectivity index (χ1n) is 7.70. The second kappa shape index (κ2) is 5.84. The van der Waals surface area contributed by atoms with Crippen LogP contribution in [0.3, 0.4) is 0 Å². The van der Waals surface area contributed by atoms with Crippen molar-refractivity contribution >= 4 is 11.8 Å². The smallest absolute Gasteiger partial charge is 0.246 e. The van der Waals surface area contributed by atoms with Crippen LogP contribution in [-0.2, 0) is 16.1 Å². The highest BCUT2D eigenvalue weighted by Gasteiger charge is 2.47. The molecule has 5 heteroatoms. The fraction of sp³-hybridized carbons (Fsp3) is 0.562. The van der Waals surface area contributed by atoms with Crippen LogP contribution < -0.4 is 5.32 Å². The van der Waals surface area contributed by atoms with E-state index in [9.17, 15) is 9.59 Å². The van der Waals surface area contributed by atoms with E-state index < -0.39 is 0 Å². The first-order chi connectivity index (χ1) is 10.2. The molecule has 0 aromatic carbocycles. The van der Waals surface area contributed by atoms with Crippen LogP contribution in [-0.4, -0.2) is 33.8 Å². The van der Waals surface area contributed by atoms with Gasteiger partial charge in [-0.1, -0.05) is 13.3 Å². The molecule has 2 unspecified atom stereocenters. The molecule has 2 amide bonds. The van der Waals surface area contributed by atoms with Crippen molar-refractivity contribution in [2.75, 3.05) is 0 Å². The molecule has 1 saturated carbocycles. The predicted molar refractivity (Wildman–Crippen MR) is 78.1 cm³/mol. The molecule has 1 aromatic rings. The molecular weight excluding hydrogens is 266 g/mol. The number of nitrogens with one attached hydrogen (secondary N) is 1. The van der Waals surface area contributed by atoms with Gasteiger partial charge in [-0.15, -0.1) is 0 Å². The summed E-state index contributed by atoms with van der Waals surface area (Å²) in [4.78, 5) is 30.9. The van der Waals surface area contributed by atoms with Gasteiger partial charge in [0.15, 0.2) is 0 Å². The summed E-state index contributed by atoms with van der Waals surface area (Å²) in [5, 5.41) is 2.91. The lowest BCUT2D eigenvalue weighted by Crippen LogP contribution is -2.63. The van der Waals surface area contributed by atoms with E-state index in [0.29, 0.717) is 18.9 Å². The number of carbonyl (C=O) groups excluding carboxylic acids is 2. The van der Waals surface area contributed by atoms with Crippen molar-refractivity contribution < 1.29 is 9.59 Å². The highest BCUT2D eigenvalue weighted by Crippen LogP contribution is 2.37. The topological polar surface area (TPSA) is 62.3 Å². The summed E-state index contributed by atoms with van der Waals surface area (Å²) in [6.07, 6.45) is 7.11. The molecule has 0 radical (unpaired) electrons. The lowest BCUT2D eigenvalue weighted by atomic mass is 9.99. The number of hydrogen-bond donors (Lipinski definition) is 1. The van der Waals surface area contributed by atoms with E-state index in [1.165, 1.54) is 0 Å². The van der Waals surface area contributed by atoms with Crippen molar-refractivity contribution in [2.45, 2.75) is 51.2 Å². The summed E-state index contributed by atoms with van der Waals surface area (Å²) in [5.74, 6) is 0.410. The molecule has 1 N–H and O–H groups in total. The maximum absolute atomic E-state index is 12.7. The average Bonchev–Trinajstić information content (AvgIpc) is 3.30. The molecule has 1 saturated heterocycles. The Bertz CT molecular complexity index is 528. The van der Waals surface area contributed by atoms with Crippen LogP contribution in [0, 0.1) is 5.92 Å². The predicted octanol–water partition coefficient (Wildman–Crippen LogP) is 1.49. The van der Waals surface area contributed by atoms with Crippen LogP contribution in [0.4, 0.5) is 0 Å². The minimum atomic E-state index is -0.362. The molecule has 21 heavy (non-hydrogen) atoms. The van der Waals surface area contributed by atoms with Gasteiger partial charge < -0.3 is 10.2 Å². The van der Waals surface area contributed by atoms with Crippen LogP contribution in [0.5, 0.6) is 0 Å². The zero-order valence-corrected chi connectivity index (χ0v) is 12.3. The van der Waals surface area contributed by atoms with Gasteiger partial charge in [0.1, 0.15) is 12.1 Å². The van der Waals surface area contributed by atoms with Gasteiger partial charge in [0.25, 0.3) is 0 Å². The van der Waals surface area contributed by atoms with Crippen molar-refractivity contribution in [1.29, 1.82) is 0 Å². The van der Waals surface area contributed by atoms with Crippen LogP contribution in [0.2, 0.25) is 0 Å². The summed E-state index contributed by atoms with van der Waals surface area (Å²) in [5.41, 5.74) is 1.02. The summed E-state index contributed by atoms with van der Waals surface area (Å²) >= 11 is 0. The molecule has 1 aromatic heterocycles. The summed E-state index contributed by atoms with van der Waals surface area (Å²) in [6, 6.07) is 3.15. The van der Waals surface area contributed by atoms with E-state index in [1.807, 2.05) is 19.1 Å². The molecule has 5 nitrogen and oxygen atoms in total. The highest BCUT2D eigenvalue weighted by molar-refractivity contribution is 5.97. The Balaban J connectivity index is 1.83. The van der Waals surface area contributed by atoms with Crippen molar-refractivity contribution in [3.63, 3.8) is 0 Å². The quantitative estimate of drug-likeness (QED) is 0.892. The van der Waals surface area contributed by atoms with Crippen LogP contribution in [0.15, 0.2) is 24.5 Å². The van der Waals surface area contributed by atoms with Gasteiger partial charge in [-0.2, -0.15) is 0 Å². The maximum atomic E-state index is 12.7. The molecule has 3 rings (SSSR count). The van der Waals surface area contributed by atoms with Crippen molar-refractivity contribution in [1.82, 2.24) is 15.2 Å². The molecular formula is C16H21N3O2. The summed E-state index contributed by atoms with van der Waals surface area (Å²) < 4.78 is 0. The molecule has 0 bridgehead atoms. The average molecular weight is 287 g/mol.